The SMILES string of the molecule is CCCCN(CCc1nc(-c2ccc(Cl)cc2)no1)C(=O)Nc1ccc(F)cc1F. The third-order valence-electron chi connectivity index (χ3n) is 4.41. The number of rotatable bonds is 8. The van der Waals surface area contributed by atoms with Crippen LogP contribution in [0, 0.1) is 11.6 Å². The molecule has 0 saturated carbocycles. The van der Waals surface area contributed by atoms with Crippen molar-refractivity contribution in [2.45, 2.75) is 26.2 Å². The summed E-state index contributed by atoms with van der Waals surface area (Å²) in [7, 11) is 0. The van der Waals surface area contributed by atoms with Crippen LogP contribution in [-0.4, -0.2) is 34.2 Å². The summed E-state index contributed by atoms with van der Waals surface area (Å²) in [5.41, 5.74) is 0.687. The van der Waals surface area contributed by atoms with Gasteiger partial charge in [-0.2, -0.15) is 4.98 Å². The number of hydrogen-bond donors (Lipinski definition) is 1. The molecule has 0 fully saturated rings. The first-order valence-corrected chi connectivity index (χ1v) is 9.93. The highest BCUT2D eigenvalue weighted by Crippen LogP contribution is 2.19. The van der Waals surface area contributed by atoms with Gasteiger partial charge in [0.25, 0.3) is 0 Å². The predicted octanol–water partition coefficient (Wildman–Crippen LogP) is 5.54. The molecule has 0 aliphatic heterocycles. The average molecular weight is 435 g/mol. The lowest BCUT2D eigenvalue weighted by molar-refractivity contribution is 0.209. The van der Waals surface area contributed by atoms with Crippen LogP contribution >= 0.6 is 11.6 Å². The lowest BCUT2D eigenvalue weighted by Crippen LogP contribution is -2.37. The van der Waals surface area contributed by atoms with Crippen molar-refractivity contribution in [3.05, 3.63) is 65.0 Å². The maximum atomic E-state index is 13.9. The smallest absolute Gasteiger partial charge is 0.321 e. The van der Waals surface area contributed by atoms with Crippen molar-refractivity contribution < 1.29 is 18.1 Å². The molecule has 158 valence electrons. The number of amides is 2. The number of benzene rings is 2. The second-order valence-corrected chi connectivity index (χ2v) is 7.10. The lowest BCUT2D eigenvalue weighted by atomic mass is 10.2. The Bertz CT molecular complexity index is 995. The number of carbonyl (C=O) groups excluding carboxylic acids is 1. The molecule has 2 amide bonds. The van der Waals surface area contributed by atoms with Gasteiger partial charge < -0.3 is 14.7 Å². The Hall–Kier alpha value is -3.00. The molecule has 30 heavy (non-hydrogen) atoms. The van der Waals surface area contributed by atoms with E-state index in [9.17, 15) is 13.6 Å². The molecule has 1 aromatic heterocycles. The molecular weight excluding hydrogens is 414 g/mol. The molecule has 6 nitrogen and oxygen atoms in total. The molecule has 0 saturated heterocycles. The standard InChI is InChI=1S/C21H21ClF2N4O2/c1-2-3-11-28(21(29)25-18-9-8-16(23)13-17(18)24)12-10-19-26-20(27-30-19)14-4-6-15(22)7-5-14/h4-9,13H,2-3,10-12H2,1H3,(H,25,29). The van der Waals surface area contributed by atoms with E-state index in [4.69, 9.17) is 16.1 Å². The first-order chi connectivity index (χ1) is 14.5. The van der Waals surface area contributed by atoms with Gasteiger partial charge in [-0.25, -0.2) is 13.6 Å². The number of nitrogens with one attached hydrogen (secondary N) is 1. The van der Waals surface area contributed by atoms with E-state index in [0.29, 0.717) is 36.2 Å². The van der Waals surface area contributed by atoms with Crippen molar-refractivity contribution in [1.82, 2.24) is 15.0 Å². The van der Waals surface area contributed by atoms with Gasteiger partial charge in [0, 0.05) is 36.2 Å². The Kier molecular flexibility index (Phi) is 7.35. The van der Waals surface area contributed by atoms with Gasteiger partial charge in [-0.1, -0.05) is 30.1 Å². The number of nitrogens with zero attached hydrogens (tertiary/aromatic N) is 3. The van der Waals surface area contributed by atoms with Crippen molar-refractivity contribution in [1.29, 1.82) is 0 Å². The first-order valence-electron chi connectivity index (χ1n) is 9.55. The van der Waals surface area contributed by atoms with Gasteiger partial charge in [-0.15, -0.1) is 0 Å². The lowest BCUT2D eigenvalue weighted by Gasteiger charge is -2.22. The summed E-state index contributed by atoms with van der Waals surface area (Å²) in [6.45, 7) is 2.78. The van der Waals surface area contributed by atoms with Gasteiger partial charge in [0.2, 0.25) is 11.7 Å². The second kappa shape index (κ2) is 10.2. The van der Waals surface area contributed by atoms with E-state index in [0.717, 1.165) is 30.5 Å². The highest BCUT2D eigenvalue weighted by atomic mass is 35.5. The Balaban J connectivity index is 1.64. The van der Waals surface area contributed by atoms with Crippen LogP contribution in [0.4, 0.5) is 19.3 Å². The number of anilines is 1. The molecule has 0 unspecified atom stereocenters. The largest absolute Gasteiger partial charge is 0.339 e. The number of unbranched alkanes of at least 4 members (excludes halogenated alkanes) is 1. The minimum Gasteiger partial charge on any atom is -0.339 e. The molecule has 0 radical (unpaired) electrons. The number of aromatic nitrogens is 2. The summed E-state index contributed by atoms with van der Waals surface area (Å²) in [4.78, 5) is 18.5. The molecule has 3 aromatic rings. The van der Waals surface area contributed by atoms with Crippen LogP contribution in [0.5, 0.6) is 0 Å². The van der Waals surface area contributed by atoms with E-state index in [-0.39, 0.29) is 5.69 Å². The van der Waals surface area contributed by atoms with E-state index in [1.54, 1.807) is 29.2 Å². The summed E-state index contributed by atoms with van der Waals surface area (Å²) in [6, 6.07) is 9.57. The van der Waals surface area contributed by atoms with E-state index < -0.39 is 17.7 Å². The molecule has 0 bridgehead atoms. The van der Waals surface area contributed by atoms with Crippen molar-refractivity contribution in [3.8, 4) is 11.4 Å². The highest BCUT2D eigenvalue weighted by Gasteiger charge is 2.17. The zero-order valence-corrected chi connectivity index (χ0v) is 17.1. The number of carbonyl (C=O) groups is 1. The fourth-order valence-electron chi connectivity index (χ4n) is 2.75. The van der Waals surface area contributed by atoms with Crippen LogP contribution < -0.4 is 5.32 Å². The molecule has 1 N–H and O–H groups in total. The monoisotopic (exact) mass is 434 g/mol. The number of hydrogen-bond acceptors (Lipinski definition) is 4. The van der Waals surface area contributed by atoms with Crippen LogP contribution in [0.25, 0.3) is 11.4 Å². The van der Waals surface area contributed by atoms with E-state index in [2.05, 4.69) is 15.5 Å². The Labute approximate surface area is 177 Å². The predicted molar refractivity (Wildman–Crippen MR) is 110 cm³/mol. The van der Waals surface area contributed by atoms with Gasteiger partial charge in [0.05, 0.1) is 5.69 Å². The molecule has 2 aromatic carbocycles. The summed E-state index contributed by atoms with van der Waals surface area (Å²) in [5.74, 6) is -0.730. The van der Waals surface area contributed by atoms with E-state index >= 15 is 0 Å². The van der Waals surface area contributed by atoms with Gasteiger partial charge >= 0.3 is 6.03 Å². The zero-order chi connectivity index (χ0) is 21.5. The molecular formula is C21H21ClF2N4O2. The van der Waals surface area contributed by atoms with Crippen molar-refractivity contribution in [3.63, 3.8) is 0 Å². The molecule has 9 heteroatoms. The van der Waals surface area contributed by atoms with Crippen molar-refractivity contribution >= 4 is 23.3 Å². The number of urea groups is 1. The zero-order valence-electron chi connectivity index (χ0n) is 16.4. The maximum absolute atomic E-state index is 13.9. The van der Waals surface area contributed by atoms with Gasteiger partial charge in [0.15, 0.2) is 0 Å². The first kappa shape index (κ1) is 21.7. The fourth-order valence-corrected chi connectivity index (χ4v) is 2.88. The van der Waals surface area contributed by atoms with Crippen LogP contribution in [0.1, 0.15) is 25.7 Å². The molecule has 0 spiro atoms. The van der Waals surface area contributed by atoms with Gasteiger partial charge in [-0.05, 0) is 42.8 Å². The van der Waals surface area contributed by atoms with Crippen LogP contribution in [0.2, 0.25) is 5.02 Å². The van der Waals surface area contributed by atoms with Crippen LogP contribution in [0.3, 0.4) is 0 Å². The third-order valence-corrected chi connectivity index (χ3v) is 4.66. The molecule has 3 rings (SSSR count). The summed E-state index contributed by atoms with van der Waals surface area (Å²) in [6.07, 6.45) is 2.00. The minimum absolute atomic E-state index is 0.0780. The topological polar surface area (TPSA) is 71.3 Å². The second-order valence-electron chi connectivity index (χ2n) is 6.66. The summed E-state index contributed by atoms with van der Waals surface area (Å²) in [5, 5.41) is 7.05. The summed E-state index contributed by atoms with van der Waals surface area (Å²) < 4.78 is 32.2. The third kappa shape index (κ3) is 5.76. The van der Waals surface area contributed by atoms with Gasteiger partial charge in [-0.3, -0.25) is 0 Å². The molecule has 0 aliphatic carbocycles. The fraction of sp³-hybridized carbons (Fsp3) is 0.286. The van der Waals surface area contributed by atoms with Crippen molar-refractivity contribution in [2.75, 3.05) is 18.4 Å². The maximum Gasteiger partial charge on any atom is 0.321 e. The van der Waals surface area contributed by atoms with E-state index in [1.807, 2.05) is 6.92 Å². The number of halogens is 3. The Morgan fingerprint density at radius 3 is 2.63 bits per heavy atom. The van der Waals surface area contributed by atoms with Crippen molar-refractivity contribution in [2.24, 2.45) is 0 Å². The quantitative estimate of drug-likeness (QED) is 0.505. The Morgan fingerprint density at radius 2 is 1.93 bits per heavy atom. The highest BCUT2D eigenvalue weighted by molar-refractivity contribution is 6.30. The van der Waals surface area contributed by atoms with E-state index in [1.165, 1.54) is 6.07 Å². The molecule has 0 atom stereocenters. The molecule has 1 heterocycles. The Morgan fingerprint density at radius 1 is 1.17 bits per heavy atom. The van der Waals surface area contributed by atoms with Crippen LogP contribution in [0.15, 0.2) is 47.0 Å². The normalized spacial score (nSPS) is 10.8. The minimum atomic E-state index is -0.830. The summed E-state index contributed by atoms with van der Waals surface area (Å²) >= 11 is 5.89. The van der Waals surface area contributed by atoms with Crippen LogP contribution in [-0.2, 0) is 6.42 Å². The average Bonchev–Trinajstić information content (AvgIpc) is 3.19. The van der Waals surface area contributed by atoms with Gasteiger partial charge in [0.1, 0.15) is 11.6 Å². The molecule has 0 aliphatic rings.